The fourth-order valence-electron chi connectivity index (χ4n) is 1.66. The van der Waals surface area contributed by atoms with E-state index >= 15 is 0 Å². The van der Waals surface area contributed by atoms with E-state index in [9.17, 15) is 14.4 Å². The van der Waals surface area contributed by atoms with Gasteiger partial charge in [-0.3, -0.25) is 19.1 Å². The van der Waals surface area contributed by atoms with Gasteiger partial charge in [-0.2, -0.15) is 0 Å². The average Bonchev–Trinajstić information content (AvgIpc) is 2.38. The predicted octanol–water partition coefficient (Wildman–Crippen LogP) is 0.737. The molecule has 0 saturated carbocycles. The monoisotopic (exact) mass is 260 g/mol. The van der Waals surface area contributed by atoms with Crippen LogP contribution in [0.25, 0.3) is 5.69 Å². The molecule has 0 radical (unpaired) electrons. The Balaban J connectivity index is 2.61. The first-order valence-electron chi connectivity index (χ1n) is 5.54. The maximum absolute atomic E-state index is 11.7. The van der Waals surface area contributed by atoms with Crippen LogP contribution in [0.4, 0.5) is 0 Å². The summed E-state index contributed by atoms with van der Waals surface area (Å²) in [5.74, 6) is 0.247. The van der Waals surface area contributed by atoms with Crippen molar-refractivity contribution in [2.75, 3.05) is 7.11 Å². The normalized spacial score (nSPS) is 10.2. The molecule has 1 aromatic carbocycles. The Bertz CT molecular complexity index is 726. The van der Waals surface area contributed by atoms with Crippen molar-refractivity contribution < 1.29 is 9.53 Å². The lowest BCUT2D eigenvalue weighted by Crippen LogP contribution is -2.32. The summed E-state index contributed by atoms with van der Waals surface area (Å²) < 4.78 is 6.22. The molecule has 6 heteroatoms. The number of H-pyrrole nitrogens is 1. The molecule has 98 valence electrons. The van der Waals surface area contributed by atoms with Crippen molar-refractivity contribution in [3.8, 4) is 11.4 Å². The van der Waals surface area contributed by atoms with Crippen molar-refractivity contribution in [3.05, 3.63) is 56.9 Å². The maximum Gasteiger partial charge on any atom is 0.332 e. The van der Waals surface area contributed by atoms with Gasteiger partial charge in [0.05, 0.1) is 18.4 Å². The van der Waals surface area contributed by atoms with Gasteiger partial charge >= 0.3 is 5.69 Å². The van der Waals surface area contributed by atoms with Crippen molar-refractivity contribution in [3.63, 3.8) is 0 Å². The number of benzene rings is 1. The molecule has 0 bridgehead atoms. The Morgan fingerprint density at radius 1 is 1.21 bits per heavy atom. The Morgan fingerprint density at radius 2 is 1.84 bits per heavy atom. The van der Waals surface area contributed by atoms with Crippen molar-refractivity contribution in [2.45, 2.75) is 6.92 Å². The van der Waals surface area contributed by atoms with E-state index in [0.29, 0.717) is 11.4 Å². The molecule has 0 aliphatic heterocycles. The van der Waals surface area contributed by atoms with E-state index in [1.165, 1.54) is 24.8 Å². The van der Waals surface area contributed by atoms with Crippen molar-refractivity contribution in [1.82, 2.24) is 9.55 Å². The van der Waals surface area contributed by atoms with Gasteiger partial charge in [-0.15, -0.1) is 0 Å². The van der Waals surface area contributed by atoms with Crippen LogP contribution >= 0.6 is 0 Å². The first-order chi connectivity index (χ1) is 9.02. The van der Waals surface area contributed by atoms with Gasteiger partial charge in [-0.05, 0) is 31.2 Å². The summed E-state index contributed by atoms with van der Waals surface area (Å²) in [4.78, 5) is 36.6. The average molecular weight is 260 g/mol. The van der Waals surface area contributed by atoms with Crippen LogP contribution in [0.1, 0.15) is 17.3 Å². The first kappa shape index (κ1) is 12.8. The second kappa shape index (κ2) is 4.93. The van der Waals surface area contributed by atoms with E-state index in [1.807, 2.05) is 0 Å². The lowest BCUT2D eigenvalue weighted by atomic mass is 10.2. The highest BCUT2D eigenvalue weighted by Gasteiger charge is 2.09. The van der Waals surface area contributed by atoms with E-state index < -0.39 is 17.0 Å². The van der Waals surface area contributed by atoms with Gasteiger partial charge in [-0.1, -0.05) is 0 Å². The first-order valence-corrected chi connectivity index (χ1v) is 5.54. The summed E-state index contributed by atoms with van der Waals surface area (Å²) in [7, 11) is 1.54. The molecule has 6 nitrogen and oxygen atoms in total. The van der Waals surface area contributed by atoms with Crippen molar-refractivity contribution >= 4 is 5.78 Å². The molecule has 2 rings (SSSR count). The highest BCUT2D eigenvalue weighted by molar-refractivity contribution is 5.93. The lowest BCUT2D eigenvalue weighted by molar-refractivity contribution is 0.101. The number of Topliss-reactive ketones (excluding diaryl/α,β-unsaturated/α-hetero) is 1. The van der Waals surface area contributed by atoms with Crippen molar-refractivity contribution in [2.24, 2.45) is 0 Å². The zero-order chi connectivity index (χ0) is 14.0. The van der Waals surface area contributed by atoms with Gasteiger partial charge in [0.15, 0.2) is 5.78 Å². The fourth-order valence-corrected chi connectivity index (χ4v) is 1.66. The minimum absolute atomic E-state index is 0.0598. The van der Waals surface area contributed by atoms with E-state index in [0.717, 1.165) is 0 Å². The topological polar surface area (TPSA) is 81.2 Å². The number of carbonyl (C=O) groups is 1. The fraction of sp³-hybridized carbons (Fsp3) is 0.154. The molecule has 0 spiro atoms. The Hall–Kier alpha value is -2.63. The molecule has 19 heavy (non-hydrogen) atoms. The molecule has 0 unspecified atom stereocenters. The third kappa shape index (κ3) is 2.47. The van der Waals surface area contributed by atoms with E-state index in [4.69, 9.17) is 4.74 Å². The second-order valence-electron chi connectivity index (χ2n) is 3.93. The molecule has 1 aromatic heterocycles. The maximum atomic E-state index is 11.7. The molecule has 0 saturated heterocycles. The number of ether oxygens (including phenoxy) is 1. The summed E-state index contributed by atoms with van der Waals surface area (Å²) in [6, 6.07) is 6.67. The standard InChI is InChI=1S/C13H12N2O4/c1-8(16)11-7-15(13(18)14-12(11)17)9-3-5-10(19-2)6-4-9/h3-7H,1-2H3,(H,14,17,18). The highest BCUT2D eigenvalue weighted by atomic mass is 16.5. The number of carbonyl (C=O) groups excluding carboxylic acids is 1. The summed E-state index contributed by atoms with van der Waals surface area (Å²) >= 11 is 0. The number of hydrogen-bond acceptors (Lipinski definition) is 4. The lowest BCUT2D eigenvalue weighted by Gasteiger charge is -2.07. The summed E-state index contributed by atoms with van der Waals surface area (Å²) in [6.07, 6.45) is 1.24. The van der Waals surface area contributed by atoms with Crippen LogP contribution in [0, 0.1) is 0 Å². The van der Waals surface area contributed by atoms with Crippen LogP contribution in [0.3, 0.4) is 0 Å². The molecular weight excluding hydrogens is 248 g/mol. The number of ketones is 1. The van der Waals surface area contributed by atoms with Gasteiger partial charge in [-0.25, -0.2) is 4.79 Å². The number of methoxy groups -OCH3 is 1. The van der Waals surface area contributed by atoms with Crippen LogP contribution < -0.4 is 16.0 Å². The SMILES string of the molecule is COc1ccc(-n2cc(C(C)=O)c(=O)[nH]c2=O)cc1. The molecular formula is C13H12N2O4. The molecule has 0 atom stereocenters. The summed E-state index contributed by atoms with van der Waals surface area (Å²) in [5, 5.41) is 0. The van der Waals surface area contributed by atoms with Gasteiger partial charge < -0.3 is 4.74 Å². The van der Waals surface area contributed by atoms with E-state index in [-0.39, 0.29) is 5.56 Å². The third-order valence-corrected chi connectivity index (χ3v) is 2.67. The number of nitrogens with one attached hydrogen (secondary N) is 1. The smallest absolute Gasteiger partial charge is 0.332 e. The van der Waals surface area contributed by atoms with Gasteiger partial charge in [0.2, 0.25) is 0 Å². The molecule has 1 heterocycles. The van der Waals surface area contributed by atoms with Crippen LogP contribution in [-0.4, -0.2) is 22.4 Å². The van der Waals surface area contributed by atoms with E-state index in [1.54, 1.807) is 24.3 Å². The Labute approximate surface area is 108 Å². The second-order valence-corrected chi connectivity index (χ2v) is 3.93. The Kier molecular flexibility index (Phi) is 3.33. The molecule has 0 fully saturated rings. The summed E-state index contributed by atoms with van der Waals surface area (Å²) in [6.45, 7) is 1.27. The summed E-state index contributed by atoms with van der Waals surface area (Å²) in [5.41, 5.74) is -0.803. The highest BCUT2D eigenvalue weighted by Crippen LogP contribution is 2.13. The zero-order valence-corrected chi connectivity index (χ0v) is 10.5. The molecule has 2 aromatic rings. The minimum Gasteiger partial charge on any atom is -0.497 e. The molecule has 0 amide bonds. The van der Waals surface area contributed by atoms with Crippen LogP contribution in [-0.2, 0) is 0 Å². The number of aromatic amines is 1. The van der Waals surface area contributed by atoms with Crippen LogP contribution in [0.2, 0.25) is 0 Å². The van der Waals surface area contributed by atoms with Gasteiger partial charge in [0.25, 0.3) is 5.56 Å². The number of aromatic nitrogens is 2. The quantitative estimate of drug-likeness (QED) is 0.825. The van der Waals surface area contributed by atoms with E-state index in [2.05, 4.69) is 4.98 Å². The minimum atomic E-state index is -0.678. The number of hydrogen-bond donors (Lipinski definition) is 1. The molecule has 0 aliphatic rings. The van der Waals surface area contributed by atoms with Crippen LogP contribution in [0.15, 0.2) is 40.1 Å². The predicted molar refractivity (Wildman–Crippen MR) is 69.2 cm³/mol. The number of rotatable bonds is 3. The zero-order valence-electron chi connectivity index (χ0n) is 10.5. The van der Waals surface area contributed by atoms with Gasteiger partial charge in [0.1, 0.15) is 5.75 Å². The number of nitrogens with zero attached hydrogens (tertiary/aromatic N) is 1. The molecule has 1 N–H and O–H groups in total. The van der Waals surface area contributed by atoms with Crippen LogP contribution in [0.5, 0.6) is 5.75 Å². The third-order valence-electron chi connectivity index (χ3n) is 2.67. The van der Waals surface area contributed by atoms with Gasteiger partial charge in [0, 0.05) is 6.20 Å². The largest absolute Gasteiger partial charge is 0.497 e. The van der Waals surface area contributed by atoms with Crippen molar-refractivity contribution in [1.29, 1.82) is 0 Å². The molecule has 0 aliphatic carbocycles. The Morgan fingerprint density at radius 3 is 2.37 bits per heavy atom.